The number of anilines is 1. The third-order valence-electron chi connectivity index (χ3n) is 4.28. The van der Waals surface area contributed by atoms with E-state index in [1.807, 2.05) is 12.1 Å². The van der Waals surface area contributed by atoms with Gasteiger partial charge >= 0.3 is 5.97 Å². The molecule has 110 valence electrons. The minimum Gasteiger partial charge on any atom is -0.478 e. The number of hydrogen-bond donors (Lipinski definition) is 2. The number of aromatic carboxylic acids is 1. The zero-order valence-electron chi connectivity index (χ0n) is 12.2. The fourth-order valence-corrected chi connectivity index (χ4v) is 2.84. The molecule has 1 saturated heterocycles. The van der Waals surface area contributed by atoms with E-state index in [0.29, 0.717) is 11.6 Å². The molecular formula is C16H23NO3. The van der Waals surface area contributed by atoms with Crippen molar-refractivity contribution in [3.63, 3.8) is 0 Å². The van der Waals surface area contributed by atoms with Gasteiger partial charge in [0.05, 0.1) is 11.2 Å². The summed E-state index contributed by atoms with van der Waals surface area (Å²) in [6.07, 6.45) is 4.04. The normalized spacial score (nSPS) is 21.4. The maximum atomic E-state index is 10.8. The van der Waals surface area contributed by atoms with E-state index in [4.69, 9.17) is 9.84 Å². The second-order valence-corrected chi connectivity index (χ2v) is 5.46. The van der Waals surface area contributed by atoms with Crippen molar-refractivity contribution in [1.29, 1.82) is 0 Å². The molecule has 1 heterocycles. The van der Waals surface area contributed by atoms with Gasteiger partial charge in [0.15, 0.2) is 0 Å². The summed E-state index contributed by atoms with van der Waals surface area (Å²) in [6.45, 7) is 5.13. The van der Waals surface area contributed by atoms with Gasteiger partial charge in [-0.3, -0.25) is 0 Å². The second-order valence-electron chi connectivity index (χ2n) is 5.46. The van der Waals surface area contributed by atoms with Gasteiger partial charge in [0.2, 0.25) is 0 Å². The Morgan fingerprint density at radius 3 is 2.55 bits per heavy atom. The molecule has 1 aliphatic rings. The summed E-state index contributed by atoms with van der Waals surface area (Å²) in [6, 6.07) is 7.32. The first kappa shape index (κ1) is 14.9. The molecular weight excluding hydrogens is 254 g/mol. The molecule has 0 aliphatic carbocycles. The number of nitrogens with one attached hydrogen (secondary N) is 1. The number of rotatable bonds is 5. The largest absolute Gasteiger partial charge is 0.478 e. The Bertz CT molecular complexity index is 451. The van der Waals surface area contributed by atoms with Crippen LogP contribution < -0.4 is 5.32 Å². The van der Waals surface area contributed by atoms with Crippen molar-refractivity contribution < 1.29 is 14.6 Å². The van der Waals surface area contributed by atoms with Gasteiger partial charge in [-0.05, 0) is 49.9 Å². The molecule has 1 aromatic carbocycles. The van der Waals surface area contributed by atoms with E-state index >= 15 is 0 Å². The molecule has 0 radical (unpaired) electrons. The van der Waals surface area contributed by atoms with Crippen molar-refractivity contribution in [3.05, 3.63) is 29.8 Å². The first-order valence-electron chi connectivity index (χ1n) is 7.32. The van der Waals surface area contributed by atoms with Gasteiger partial charge in [-0.15, -0.1) is 0 Å². The third-order valence-corrected chi connectivity index (χ3v) is 4.28. The first-order valence-corrected chi connectivity index (χ1v) is 7.32. The number of hydrogen-bond acceptors (Lipinski definition) is 3. The Hall–Kier alpha value is -1.55. The average molecular weight is 277 g/mol. The molecule has 1 fully saturated rings. The van der Waals surface area contributed by atoms with Crippen molar-refractivity contribution in [2.75, 3.05) is 11.9 Å². The molecule has 4 nitrogen and oxygen atoms in total. The molecule has 0 spiro atoms. The molecule has 0 aromatic heterocycles. The Kier molecular flexibility index (Phi) is 4.65. The van der Waals surface area contributed by atoms with E-state index in [1.54, 1.807) is 12.1 Å². The van der Waals surface area contributed by atoms with Gasteiger partial charge in [0.1, 0.15) is 0 Å². The number of benzene rings is 1. The summed E-state index contributed by atoms with van der Waals surface area (Å²) in [5.74, 6) is -0.890. The van der Waals surface area contributed by atoms with Crippen molar-refractivity contribution in [2.45, 2.75) is 51.2 Å². The summed E-state index contributed by atoms with van der Waals surface area (Å²) >= 11 is 0. The van der Waals surface area contributed by atoms with Crippen LogP contribution in [0.25, 0.3) is 0 Å². The molecule has 0 amide bonds. The first-order chi connectivity index (χ1) is 9.58. The van der Waals surface area contributed by atoms with Crippen LogP contribution in [0.5, 0.6) is 0 Å². The predicted molar refractivity (Wildman–Crippen MR) is 79.3 cm³/mol. The van der Waals surface area contributed by atoms with Crippen LogP contribution in [0.15, 0.2) is 24.3 Å². The van der Waals surface area contributed by atoms with Crippen molar-refractivity contribution in [2.24, 2.45) is 0 Å². The van der Waals surface area contributed by atoms with Gasteiger partial charge in [-0.2, -0.15) is 0 Å². The summed E-state index contributed by atoms with van der Waals surface area (Å²) in [5.41, 5.74) is 1.29. The summed E-state index contributed by atoms with van der Waals surface area (Å²) in [7, 11) is 0. The van der Waals surface area contributed by atoms with Gasteiger partial charge in [-0.25, -0.2) is 4.79 Å². The molecule has 4 heteroatoms. The SMILES string of the molecule is CCC1(CC)CC(Nc2ccc(C(=O)O)cc2)CCO1. The lowest BCUT2D eigenvalue weighted by molar-refractivity contribution is -0.0864. The van der Waals surface area contributed by atoms with Crippen molar-refractivity contribution in [1.82, 2.24) is 0 Å². The highest BCUT2D eigenvalue weighted by Gasteiger charge is 2.34. The van der Waals surface area contributed by atoms with Crippen LogP contribution >= 0.6 is 0 Å². The van der Waals surface area contributed by atoms with Crippen LogP contribution in [0.4, 0.5) is 5.69 Å². The Balaban J connectivity index is 2.00. The number of carboxylic acids is 1. The minimum atomic E-state index is -0.890. The lowest BCUT2D eigenvalue weighted by atomic mass is 9.86. The van der Waals surface area contributed by atoms with E-state index in [2.05, 4.69) is 19.2 Å². The topological polar surface area (TPSA) is 58.6 Å². The molecule has 1 atom stereocenters. The fraction of sp³-hybridized carbons (Fsp3) is 0.562. The maximum absolute atomic E-state index is 10.8. The van der Waals surface area contributed by atoms with Crippen molar-refractivity contribution >= 4 is 11.7 Å². The zero-order valence-corrected chi connectivity index (χ0v) is 12.2. The molecule has 1 aromatic rings. The number of carbonyl (C=O) groups is 1. The van der Waals surface area contributed by atoms with Crippen LogP contribution in [0.2, 0.25) is 0 Å². The van der Waals surface area contributed by atoms with Crippen LogP contribution in [0, 0.1) is 0 Å². The summed E-state index contributed by atoms with van der Waals surface area (Å²) < 4.78 is 5.96. The van der Waals surface area contributed by atoms with E-state index in [-0.39, 0.29) is 5.60 Å². The standard InChI is InChI=1S/C16H23NO3/c1-3-16(4-2)11-14(9-10-20-16)17-13-7-5-12(6-8-13)15(18)19/h5-8,14,17H,3-4,9-11H2,1-2H3,(H,18,19). The highest BCUT2D eigenvalue weighted by molar-refractivity contribution is 5.87. The van der Waals surface area contributed by atoms with Crippen LogP contribution in [0.1, 0.15) is 49.9 Å². The third kappa shape index (κ3) is 3.31. The lowest BCUT2D eigenvalue weighted by Crippen LogP contribution is -2.43. The van der Waals surface area contributed by atoms with Crippen molar-refractivity contribution in [3.8, 4) is 0 Å². The smallest absolute Gasteiger partial charge is 0.335 e. The predicted octanol–water partition coefficient (Wildman–Crippen LogP) is 3.53. The van der Waals surface area contributed by atoms with Crippen LogP contribution in [-0.2, 0) is 4.74 Å². The molecule has 0 saturated carbocycles. The lowest BCUT2D eigenvalue weighted by Gasteiger charge is -2.40. The number of carboxylic acid groups (broad SMARTS) is 1. The molecule has 2 N–H and O–H groups in total. The molecule has 1 unspecified atom stereocenters. The maximum Gasteiger partial charge on any atom is 0.335 e. The van der Waals surface area contributed by atoms with Crippen LogP contribution in [-0.4, -0.2) is 29.3 Å². The molecule has 1 aliphatic heterocycles. The molecule has 0 bridgehead atoms. The Morgan fingerprint density at radius 1 is 1.35 bits per heavy atom. The van der Waals surface area contributed by atoms with E-state index < -0.39 is 5.97 Å². The molecule has 20 heavy (non-hydrogen) atoms. The number of ether oxygens (including phenoxy) is 1. The monoisotopic (exact) mass is 277 g/mol. The van der Waals surface area contributed by atoms with Gasteiger partial charge < -0.3 is 15.2 Å². The van der Waals surface area contributed by atoms with E-state index in [9.17, 15) is 4.79 Å². The van der Waals surface area contributed by atoms with E-state index in [0.717, 1.165) is 38.0 Å². The molecule has 2 rings (SSSR count). The van der Waals surface area contributed by atoms with Gasteiger partial charge in [0, 0.05) is 18.3 Å². The van der Waals surface area contributed by atoms with Gasteiger partial charge in [0.25, 0.3) is 0 Å². The summed E-state index contributed by atoms with van der Waals surface area (Å²) in [5, 5.41) is 12.4. The Labute approximate surface area is 120 Å². The highest BCUT2D eigenvalue weighted by atomic mass is 16.5. The van der Waals surface area contributed by atoms with Crippen LogP contribution in [0.3, 0.4) is 0 Å². The average Bonchev–Trinajstić information content (AvgIpc) is 2.48. The second kappa shape index (κ2) is 6.27. The van der Waals surface area contributed by atoms with Gasteiger partial charge in [-0.1, -0.05) is 13.8 Å². The quantitative estimate of drug-likeness (QED) is 0.864. The fourth-order valence-electron chi connectivity index (χ4n) is 2.84. The summed E-state index contributed by atoms with van der Waals surface area (Å²) in [4.78, 5) is 10.8. The zero-order chi connectivity index (χ0) is 14.6. The van der Waals surface area contributed by atoms with E-state index in [1.165, 1.54) is 0 Å². The highest BCUT2D eigenvalue weighted by Crippen LogP contribution is 2.32. The Morgan fingerprint density at radius 2 is 2.00 bits per heavy atom. The minimum absolute atomic E-state index is 0.00305.